The number of hydrogen-bond donors (Lipinski definition) is 2. The van der Waals surface area contributed by atoms with Gasteiger partial charge in [0, 0.05) is 25.8 Å². The molecular weight excluding hydrogens is 678 g/mol. The van der Waals surface area contributed by atoms with Crippen LogP contribution in [0.4, 0.5) is 5.69 Å². The van der Waals surface area contributed by atoms with Crippen molar-refractivity contribution in [3.8, 4) is 5.75 Å². The van der Waals surface area contributed by atoms with Gasteiger partial charge in [0.2, 0.25) is 11.8 Å². The fraction of sp³-hybridized carbons (Fsp3) is 0.512. The molecule has 3 aliphatic heterocycles. The minimum Gasteiger partial charge on any atom is -0.497 e. The van der Waals surface area contributed by atoms with Crippen LogP contribution in [0, 0.1) is 17.8 Å². The van der Waals surface area contributed by atoms with Gasteiger partial charge in [-0.1, -0.05) is 56.3 Å². The molecule has 0 radical (unpaired) electrons. The summed E-state index contributed by atoms with van der Waals surface area (Å²) in [7, 11) is 3.06. The number of rotatable bonds is 19. The average molecular weight is 732 g/mol. The van der Waals surface area contributed by atoms with Crippen molar-refractivity contribution in [2.24, 2.45) is 17.8 Å². The van der Waals surface area contributed by atoms with Crippen LogP contribution in [0.2, 0.25) is 0 Å². The fourth-order valence-corrected chi connectivity index (χ4v) is 8.34. The first-order valence-corrected chi connectivity index (χ1v) is 18.4. The zero-order valence-corrected chi connectivity index (χ0v) is 31.1. The summed E-state index contributed by atoms with van der Waals surface area (Å²) in [6, 6.07) is 13.5. The van der Waals surface area contributed by atoms with Gasteiger partial charge < -0.3 is 39.2 Å². The quantitative estimate of drug-likeness (QED) is 0.159. The Labute approximate surface area is 312 Å². The third-order valence-corrected chi connectivity index (χ3v) is 10.6. The predicted octanol–water partition coefficient (Wildman–Crippen LogP) is 4.38. The van der Waals surface area contributed by atoms with Gasteiger partial charge in [-0.3, -0.25) is 19.2 Å². The van der Waals surface area contributed by atoms with E-state index in [2.05, 4.69) is 18.5 Å². The van der Waals surface area contributed by atoms with Crippen LogP contribution < -0.4 is 15.0 Å². The third-order valence-electron chi connectivity index (χ3n) is 10.6. The van der Waals surface area contributed by atoms with E-state index in [-0.39, 0.29) is 38.0 Å². The fourth-order valence-electron chi connectivity index (χ4n) is 8.34. The SMILES string of the molecule is C=CCCC(=O)N[C@@H](COC)[C@@H](OC(=O)[C@@H]1[C@@H]2CC[C@]3(O2)[C@H](C(=O)N(CC=C)c2ccc(OC)cc2)N([C@@H](CO)CC(C)C)C(=O)[C@@H]13)c1ccccc1. The topological polar surface area (TPSA) is 144 Å². The summed E-state index contributed by atoms with van der Waals surface area (Å²) in [5.41, 5.74) is -0.137. The molecule has 1 spiro atoms. The van der Waals surface area contributed by atoms with E-state index < -0.39 is 65.6 Å². The van der Waals surface area contributed by atoms with Gasteiger partial charge in [0.25, 0.3) is 5.91 Å². The van der Waals surface area contributed by atoms with Crippen LogP contribution in [-0.2, 0) is 33.4 Å². The van der Waals surface area contributed by atoms with Gasteiger partial charge in [-0.2, -0.15) is 0 Å². The number of hydrogen-bond acceptors (Lipinski definition) is 9. The van der Waals surface area contributed by atoms with E-state index in [1.54, 1.807) is 60.6 Å². The number of carbonyl (C=O) groups is 4. The number of ether oxygens (including phenoxy) is 4. The summed E-state index contributed by atoms with van der Waals surface area (Å²) in [5.74, 6) is -3.11. The van der Waals surface area contributed by atoms with Crippen LogP contribution >= 0.6 is 0 Å². The van der Waals surface area contributed by atoms with Crippen molar-refractivity contribution < 1.29 is 43.2 Å². The summed E-state index contributed by atoms with van der Waals surface area (Å²) < 4.78 is 23.9. The molecule has 3 amide bonds. The normalized spacial score (nSPS) is 24.6. The van der Waals surface area contributed by atoms with Crippen LogP contribution in [0.3, 0.4) is 0 Å². The number of amides is 3. The Morgan fingerprint density at radius 2 is 1.81 bits per heavy atom. The van der Waals surface area contributed by atoms with Crippen molar-refractivity contribution in [3.05, 3.63) is 85.5 Å². The molecule has 2 bridgehead atoms. The Morgan fingerprint density at radius 1 is 1.09 bits per heavy atom. The Bertz CT molecular complexity index is 1620. The molecule has 2 aromatic rings. The standard InChI is InChI=1S/C41H53N3O9/c1-7-9-15-33(46)42-31(25-50-5)36(27-13-11-10-12-14-27)52-40(49)34-32-20-21-41(53-32)35(34)38(47)44(29(24-45)23-26(3)4)37(41)39(48)43(22-8-2)28-16-18-30(51-6)19-17-28/h7-8,10-14,16-19,26,29,31-32,34-37,45H,1-2,9,15,20-25H2,3-6H3,(H,42,46)/t29-,31+,32+,34-,35-,36+,37+,41-/m1/s1. The first kappa shape index (κ1) is 39.7. The maximum absolute atomic E-state index is 15.0. The third kappa shape index (κ3) is 8.05. The molecule has 2 aromatic carbocycles. The van der Waals surface area contributed by atoms with Gasteiger partial charge in [0.05, 0.1) is 50.3 Å². The highest BCUT2D eigenvalue weighted by Crippen LogP contribution is 2.59. The minimum atomic E-state index is -1.34. The number of fused-ring (bicyclic) bond motifs is 1. The predicted molar refractivity (Wildman–Crippen MR) is 199 cm³/mol. The molecule has 3 fully saturated rings. The number of likely N-dealkylation sites (tertiary alicyclic amines) is 1. The summed E-state index contributed by atoms with van der Waals surface area (Å²) in [6.07, 6.45) is 3.51. The Balaban J connectivity index is 1.54. The van der Waals surface area contributed by atoms with Crippen LogP contribution in [0.15, 0.2) is 79.9 Å². The number of anilines is 1. The van der Waals surface area contributed by atoms with Crippen LogP contribution in [0.1, 0.15) is 57.6 Å². The van der Waals surface area contributed by atoms with Gasteiger partial charge in [0.15, 0.2) is 0 Å². The first-order valence-electron chi connectivity index (χ1n) is 18.4. The largest absolute Gasteiger partial charge is 0.497 e. The number of carbonyl (C=O) groups excluding carboxylic acids is 4. The van der Waals surface area contributed by atoms with Crippen LogP contribution in [0.25, 0.3) is 0 Å². The number of aliphatic hydroxyl groups excluding tert-OH is 1. The molecule has 0 aromatic heterocycles. The molecule has 0 aliphatic carbocycles. The van der Waals surface area contributed by atoms with Crippen molar-refractivity contribution >= 4 is 29.4 Å². The lowest BCUT2D eigenvalue weighted by atomic mass is 9.70. The van der Waals surface area contributed by atoms with Crippen LogP contribution in [0.5, 0.6) is 5.75 Å². The van der Waals surface area contributed by atoms with E-state index in [4.69, 9.17) is 18.9 Å². The number of aliphatic hydroxyl groups is 1. The summed E-state index contributed by atoms with van der Waals surface area (Å²) >= 11 is 0. The van der Waals surface area contributed by atoms with Gasteiger partial charge in [-0.15, -0.1) is 13.2 Å². The van der Waals surface area contributed by atoms with Gasteiger partial charge in [0.1, 0.15) is 23.5 Å². The van der Waals surface area contributed by atoms with Gasteiger partial charge in [-0.25, -0.2) is 0 Å². The Hall–Kier alpha value is -4.52. The molecule has 286 valence electrons. The molecule has 3 saturated heterocycles. The summed E-state index contributed by atoms with van der Waals surface area (Å²) in [6.45, 7) is 11.4. The highest BCUT2D eigenvalue weighted by atomic mass is 16.6. The second kappa shape index (κ2) is 17.5. The molecule has 12 heteroatoms. The number of allylic oxidation sites excluding steroid dienone is 1. The van der Waals surface area contributed by atoms with Gasteiger partial charge >= 0.3 is 5.97 Å². The number of benzene rings is 2. The molecule has 0 unspecified atom stereocenters. The van der Waals surface area contributed by atoms with E-state index in [0.29, 0.717) is 42.7 Å². The second-order valence-corrected chi connectivity index (χ2v) is 14.4. The van der Waals surface area contributed by atoms with Crippen molar-refractivity contribution in [1.82, 2.24) is 10.2 Å². The van der Waals surface area contributed by atoms with Crippen molar-refractivity contribution in [2.45, 2.75) is 81.9 Å². The smallest absolute Gasteiger partial charge is 0.313 e. The maximum Gasteiger partial charge on any atom is 0.313 e. The highest BCUT2D eigenvalue weighted by Gasteiger charge is 2.75. The second-order valence-electron chi connectivity index (χ2n) is 14.4. The Kier molecular flexibility index (Phi) is 13.1. The van der Waals surface area contributed by atoms with Crippen LogP contribution in [-0.4, -0.2) is 97.5 Å². The van der Waals surface area contributed by atoms with E-state index >= 15 is 0 Å². The first-order chi connectivity index (χ1) is 25.5. The molecule has 5 rings (SSSR count). The molecular formula is C41H53N3O9. The summed E-state index contributed by atoms with van der Waals surface area (Å²) in [4.78, 5) is 60.3. The molecule has 3 aliphatic rings. The molecule has 3 heterocycles. The van der Waals surface area contributed by atoms with E-state index in [9.17, 15) is 24.3 Å². The van der Waals surface area contributed by atoms with Crippen molar-refractivity contribution in [2.75, 3.05) is 38.9 Å². The number of nitrogens with zero attached hydrogens (tertiary/aromatic N) is 2. The zero-order chi connectivity index (χ0) is 38.3. The molecule has 12 nitrogen and oxygen atoms in total. The monoisotopic (exact) mass is 731 g/mol. The minimum absolute atomic E-state index is 0.0474. The Morgan fingerprint density at radius 3 is 2.42 bits per heavy atom. The number of methoxy groups -OCH3 is 2. The lowest BCUT2D eigenvalue weighted by Crippen LogP contribution is -2.59. The van der Waals surface area contributed by atoms with Gasteiger partial charge in [-0.05, 0) is 61.4 Å². The lowest BCUT2D eigenvalue weighted by molar-refractivity contribution is -0.163. The molecule has 53 heavy (non-hydrogen) atoms. The van der Waals surface area contributed by atoms with Crippen molar-refractivity contribution in [3.63, 3.8) is 0 Å². The molecule has 8 atom stereocenters. The van der Waals surface area contributed by atoms with E-state index in [1.165, 1.54) is 12.0 Å². The molecule has 2 N–H and O–H groups in total. The zero-order valence-electron chi connectivity index (χ0n) is 31.1. The van der Waals surface area contributed by atoms with E-state index in [0.717, 1.165) is 0 Å². The highest BCUT2D eigenvalue weighted by molar-refractivity contribution is 6.05. The molecule has 0 saturated carbocycles. The maximum atomic E-state index is 15.0. The number of nitrogens with one attached hydrogen (secondary N) is 1. The summed E-state index contributed by atoms with van der Waals surface area (Å²) in [5, 5.41) is 13.7. The number of esters is 1. The lowest BCUT2D eigenvalue weighted by Gasteiger charge is -2.39. The van der Waals surface area contributed by atoms with E-state index in [1.807, 2.05) is 32.0 Å². The average Bonchev–Trinajstić information content (AvgIpc) is 3.81. The van der Waals surface area contributed by atoms with Crippen molar-refractivity contribution in [1.29, 1.82) is 0 Å².